The van der Waals surface area contributed by atoms with Crippen LogP contribution >= 0.6 is 11.3 Å². The molecule has 0 aliphatic rings. The van der Waals surface area contributed by atoms with Crippen molar-refractivity contribution in [2.24, 2.45) is 0 Å². The van der Waals surface area contributed by atoms with Gasteiger partial charge in [0.05, 0.1) is 10.0 Å². The van der Waals surface area contributed by atoms with Crippen LogP contribution in [0.5, 0.6) is 0 Å². The topological polar surface area (TPSA) is 24.1 Å². The first-order chi connectivity index (χ1) is 10.4. The van der Waals surface area contributed by atoms with Crippen LogP contribution in [0.3, 0.4) is 0 Å². The SMILES string of the molecule is c1ccc(CNc2ccc(NCc3ccccc3)s2)cc1. The van der Waals surface area contributed by atoms with Crippen molar-refractivity contribution in [3.05, 3.63) is 83.9 Å². The lowest BCUT2D eigenvalue weighted by molar-refractivity contribution is 1.16. The Hall–Kier alpha value is -2.26. The number of rotatable bonds is 6. The number of anilines is 2. The third-order valence-electron chi connectivity index (χ3n) is 3.23. The van der Waals surface area contributed by atoms with Crippen LogP contribution in [-0.4, -0.2) is 0 Å². The lowest BCUT2D eigenvalue weighted by Crippen LogP contribution is -1.97. The predicted octanol–water partition coefficient (Wildman–Crippen LogP) is 4.97. The van der Waals surface area contributed by atoms with Crippen LogP contribution in [0, 0.1) is 0 Å². The smallest absolute Gasteiger partial charge is 0.0906 e. The van der Waals surface area contributed by atoms with E-state index in [1.54, 1.807) is 11.3 Å². The lowest BCUT2D eigenvalue weighted by atomic mass is 10.2. The largest absolute Gasteiger partial charge is 0.373 e. The predicted molar refractivity (Wildman–Crippen MR) is 91.9 cm³/mol. The summed E-state index contributed by atoms with van der Waals surface area (Å²) >= 11 is 1.75. The van der Waals surface area contributed by atoms with Crippen molar-refractivity contribution in [2.45, 2.75) is 13.1 Å². The van der Waals surface area contributed by atoms with E-state index < -0.39 is 0 Å². The molecule has 0 atom stereocenters. The van der Waals surface area contributed by atoms with E-state index in [4.69, 9.17) is 0 Å². The van der Waals surface area contributed by atoms with Crippen molar-refractivity contribution in [1.29, 1.82) is 0 Å². The molecule has 0 unspecified atom stereocenters. The van der Waals surface area contributed by atoms with E-state index in [0.29, 0.717) is 0 Å². The molecule has 1 heterocycles. The van der Waals surface area contributed by atoms with Crippen molar-refractivity contribution in [3.8, 4) is 0 Å². The molecule has 3 heteroatoms. The standard InChI is InChI=1S/C18H18N2S/c1-3-7-15(8-4-1)13-19-17-11-12-18(21-17)20-14-16-9-5-2-6-10-16/h1-12,19-20H,13-14H2. The minimum Gasteiger partial charge on any atom is -0.373 e. The van der Waals surface area contributed by atoms with Crippen LogP contribution < -0.4 is 10.6 Å². The number of nitrogens with one attached hydrogen (secondary N) is 2. The van der Waals surface area contributed by atoms with Crippen LogP contribution in [0.15, 0.2) is 72.8 Å². The maximum absolute atomic E-state index is 3.46. The summed E-state index contributed by atoms with van der Waals surface area (Å²) in [6.07, 6.45) is 0. The second-order valence-corrected chi connectivity index (χ2v) is 5.93. The Morgan fingerprint density at radius 1 is 0.571 bits per heavy atom. The molecule has 0 saturated carbocycles. The van der Waals surface area contributed by atoms with Gasteiger partial charge in [0.1, 0.15) is 0 Å². The first-order valence-corrected chi connectivity index (χ1v) is 7.87. The molecule has 2 nitrogen and oxygen atoms in total. The highest BCUT2D eigenvalue weighted by Crippen LogP contribution is 2.27. The minimum atomic E-state index is 0.861. The fourth-order valence-corrected chi connectivity index (χ4v) is 2.90. The Morgan fingerprint density at radius 3 is 1.43 bits per heavy atom. The summed E-state index contributed by atoms with van der Waals surface area (Å²) in [5.41, 5.74) is 2.59. The van der Waals surface area contributed by atoms with Gasteiger partial charge in [0.25, 0.3) is 0 Å². The summed E-state index contributed by atoms with van der Waals surface area (Å²) in [6, 6.07) is 25.1. The number of thiophene rings is 1. The van der Waals surface area contributed by atoms with Crippen LogP contribution in [0.1, 0.15) is 11.1 Å². The van der Waals surface area contributed by atoms with Crippen LogP contribution in [0.4, 0.5) is 10.0 Å². The van der Waals surface area contributed by atoms with Gasteiger partial charge in [-0.25, -0.2) is 0 Å². The van der Waals surface area contributed by atoms with Gasteiger partial charge in [0.2, 0.25) is 0 Å². The Balaban J connectivity index is 1.52. The van der Waals surface area contributed by atoms with Gasteiger partial charge >= 0.3 is 0 Å². The molecule has 106 valence electrons. The number of benzene rings is 2. The molecular weight excluding hydrogens is 276 g/mol. The van der Waals surface area contributed by atoms with E-state index in [1.807, 2.05) is 12.1 Å². The fourth-order valence-electron chi connectivity index (χ4n) is 2.10. The summed E-state index contributed by atoms with van der Waals surface area (Å²) in [5.74, 6) is 0. The maximum atomic E-state index is 3.46. The van der Waals surface area contributed by atoms with Gasteiger partial charge in [0.15, 0.2) is 0 Å². The van der Waals surface area contributed by atoms with E-state index in [2.05, 4.69) is 71.3 Å². The van der Waals surface area contributed by atoms with Crippen molar-refractivity contribution in [2.75, 3.05) is 10.6 Å². The van der Waals surface area contributed by atoms with Gasteiger partial charge in [-0.15, -0.1) is 11.3 Å². The molecule has 0 spiro atoms. The second kappa shape index (κ2) is 6.95. The first kappa shape index (κ1) is 13.7. The third-order valence-corrected chi connectivity index (χ3v) is 4.23. The van der Waals surface area contributed by atoms with E-state index in [-0.39, 0.29) is 0 Å². The van der Waals surface area contributed by atoms with Gasteiger partial charge < -0.3 is 10.6 Å². The van der Waals surface area contributed by atoms with E-state index in [0.717, 1.165) is 13.1 Å². The summed E-state index contributed by atoms with van der Waals surface area (Å²) in [5, 5.41) is 9.29. The molecule has 1 aromatic heterocycles. The molecule has 0 radical (unpaired) electrons. The first-order valence-electron chi connectivity index (χ1n) is 7.05. The highest BCUT2D eigenvalue weighted by Gasteiger charge is 2.00. The Labute approximate surface area is 129 Å². The summed E-state index contributed by atoms with van der Waals surface area (Å²) in [4.78, 5) is 0. The Kier molecular flexibility index (Phi) is 4.54. The van der Waals surface area contributed by atoms with Gasteiger partial charge in [0, 0.05) is 13.1 Å². The number of hydrogen-bond donors (Lipinski definition) is 2. The van der Waals surface area contributed by atoms with Gasteiger partial charge in [-0.2, -0.15) is 0 Å². The van der Waals surface area contributed by atoms with Gasteiger partial charge in [-0.3, -0.25) is 0 Å². The highest BCUT2D eigenvalue weighted by molar-refractivity contribution is 7.19. The molecule has 0 bridgehead atoms. The second-order valence-electron chi connectivity index (χ2n) is 4.84. The van der Waals surface area contributed by atoms with Crippen molar-refractivity contribution < 1.29 is 0 Å². The molecular formula is C18H18N2S. The van der Waals surface area contributed by atoms with E-state index in [1.165, 1.54) is 21.1 Å². The normalized spacial score (nSPS) is 10.3. The zero-order valence-electron chi connectivity index (χ0n) is 11.8. The zero-order chi connectivity index (χ0) is 14.3. The molecule has 3 aromatic rings. The minimum absolute atomic E-state index is 0.861. The third kappa shape index (κ3) is 4.10. The molecule has 0 saturated heterocycles. The fraction of sp³-hybridized carbons (Fsp3) is 0.111. The van der Waals surface area contributed by atoms with E-state index in [9.17, 15) is 0 Å². The summed E-state index contributed by atoms with van der Waals surface area (Å²) in [6.45, 7) is 1.72. The summed E-state index contributed by atoms with van der Waals surface area (Å²) < 4.78 is 0. The highest BCUT2D eigenvalue weighted by atomic mass is 32.1. The zero-order valence-corrected chi connectivity index (χ0v) is 12.6. The molecule has 0 fully saturated rings. The molecule has 2 aromatic carbocycles. The molecule has 0 aliphatic carbocycles. The Morgan fingerprint density at radius 2 is 1.00 bits per heavy atom. The van der Waals surface area contributed by atoms with Crippen LogP contribution in [-0.2, 0) is 13.1 Å². The Bertz CT molecular complexity index is 604. The average molecular weight is 294 g/mol. The van der Waals surface area contributed by atoms with Gasteiger partial charge in [-0.05, 0) is 23.3 Å². The van der Waals surface area contributed by atoms with Crippen molar-refractivity contribution in [1.82, 2.24) is 0 Å². The van der Waals surface area contributed by atoms with Crippen LogP contribution in [0.2, 0.25) is 0 Å². The molecule has 21 heavy (non-hydrogen) atoms. The van der Waals surface area contributed by atoms with Crippen LogP contribution in [0.25, 0.3) is 0 Å². The molecule has 0 aliphatic heterocycles. The van der Waals surface area contributed by atoms with E-state index >= 15 is 0 Å². The summed E-state index contributed by atoms with van der Waals surface area (Å²) in [7, 11) is 0. The monoisotopic (exact) mass is 294 g/mol. The van der Waals surface area contributed by atoms with Gasteiger partial charge in [-0.1, -0.05) is 60.7 Å². The lowest BCUT2D eigenvalue weighted by Gasteiger charge is -2.04. The van der Waals surface area contributed by atoms with Crippen molar-refractivity contribution >= 4 is 21.3 Å². The van der Waals surface area contributed by atoms with Crippen molar-refractivity contribution in [3.63, 3.8) is 0 Å². The number of hydrogen-bond acceptors (Lipinski definition) is 3. The average Bonchev–Trinajstić information content (AvgIpc) is 3.01. The molecule has 2 N–H and O–H groups in total. The maximum Gasteiger partial charge on any atom is 0.0906 e. The molecule has 0 amide bonds. The quantitative estimate of drug-likeness (QED) is 0.670. The molecule has 3 rings (SSSR count).